The van der Waals surface area contributed by atoms with Crippen molar-refractivity contribution in [2.24, 2.45) is 10.8 Å². The zero-order valence-electron chi connectivity index (χ0n) is 15.5. The van der Waals surface area contributed by atoms with Crippen molar-refractivity contribution in [3.63, 3.8) is 0 Å². The van der Waals surface area contributed by atoms with Gasteiger partial charge in [-0.3, -0.25) is 5.41 Å². The molecule has 6 heteroatoms. The average Bonchev–Trinajstić information content (AvgIpc) is 3.10. The van der Waals surface area contributed by atoms with Crippen molar-refractivity contribution < 1.29 is 0 Å². The molecule has 0 saturated carbocycles. The largest absolute Gasteiger partial charge is 0.369 e. The average molecular weight is 394 g/mol. The number of aromatic nitrogens is 1. The van der Waals surface area contributed by atoms with Crippen LogP contribution in [0.25, 0.3) is 0 Å². The quantitative estimate of drug-likeness (QED) is 0.357. The molecule has 4 rings (SSSR count). The minimum Gasteiger partial charge on any atom is -0.369 e. The Bertz CT molecular complexity index is 963. The Kier molecular flexibility index (Phi) is 6.16. The molecule has 0 bridgehead atoms. The fourth-order valence-corrected chi connectivity index (χ4v) is 3.77. The van der Waals surface area contributed by atoms with E-state index in [1.807, 2.05) is 12.1 Å². The van der Waals surface area contributed by atoms with Gasteiger partial charge in [-0.15, -0.1) is 12.4 Å². The molecule has 5 nitrogen and oxygen atoms in total. The Morgan fingerprint density at radius 1 is 1.04 bits per heavy atom. The van der Waals surface area contributed by atoms with E-state index in [9.17, 15) is 0 Å². The lowest BCUT2D eigenvalue weighted by Crippen LogP contribution is -2.29. The number of hydrogen-bond donors (Lipinski definition) is 3. The zero-order valence-corrected chi connectivity index (χ0v) is 16.3. The molecule has 1 unspecified atom stereocenters. The molecule has 0 spiro atoms. The van der Waals surface area contributed by atoms with Gasteiger partial charge in [0.25, 0.3) is 0 Å². The van der Waals surface area contributed by atoms with E-state index in [1.165, 1.54) is 16.8 Å². The number of fused-ring (bicyclic) bond motifs is 1. The van der Waals surface area contributed by atoms with Crippen LogP contribution >= 0.6 is 12.4 Å². The van der Waals surface area contributed by atoms with Crippen molar-refractivity contribution in [3.8, 4) is 0 Å². The van der Waals surface area contributed by atoms with Crippen LogP contribution in [0.15, 0.2) is 78.0 Å². The van der Waals surface area contributed by atoms with Gasteiger partial charge < -0.3 is 10.3 Å². The van der Waals surface area contributed by atoms with Crippen molar-refractivity contribution in [1.29, 1.82) is 5.41 Å². The Hall–Kier alpha value is -3.05. The molecule has 2 aromatic carbocycles. The van der Waals surface area contributed by atoms with E-state index >= 15 is 0 Å². The first-order valence-corrected chi connectivity index (χ1v) is 9.14. The smallest absolute Gasteiger partial charge is 0.206 e. The van der Waals surface area contributed by atoms with Gasteiger partial charge in [0.15, 0.2) is 0 Å². The third-order valence-electron chi connectivity index (χ3n) is 5.05. The lowest BCUT2D eigenvalue weighted by Gasteiger charge is -2.26. The summed E-state index contributed by atoms with van der Waals surface area (Å²) in [5.41, 5.74) is 14.0. The summed E-state index contributed by atoms with van der Waals surface area (Å²) in [5.74, 6) is 0.213. The van der Waals surface area contributed by atoms with E-state index in [0.717, 1.165) is 30.7 Å². The summed E-state index contributed by atoms with van der Waals surface area (Å²) < 4.78 is 2.31. The van der Waals surface area contributed by atoms with Crippen LogP contribution in [0.1, 0.15) is 34.7 Å². The summed E-state index contributed by atoms with van der Waals surface area (Å²) in [7, 11) is 0. The first-order chi connectivity index (χ1) is 13.2. The molecular formula is C22H24ClN5. The Morgan fingerprint density at radius 3 is 2.39 bits per heavy atom. The van der Waals surface area contributed by atoms with E-state index in [1.54, 1.807) is 0 Å². The molecule has 144 valence electrons. The minimum absolute atomic E-state index is 0. The third-order valence-corrected chi connectivity index (χ3v) is 5.05. The lowest BCUT2D eigenvalue weighted by atomic mass is 9.82. The molecule has 4 N–H and O–H groups in total. The van der Waals surface area contributed by atoms with Gasteiger partial charge in [-0.25, -0.2) is 5.43 Å². The highest BCUT2D eigenvalue weighted by molar-refractivity contribution is 6.03. The highest BCUT2D eigenvalue weighted by Gasteiger charge is 2.27. The van der Waals surface area contributed by atoms with E-state index in [4.69, 9.17) is 11.1 Å². The predicted molar refractivity (Wildman–Crippen MR) is 116 cm³/mol. The normalized spacial score (nSPS) is 16.9. The maximum absolute atomic E-state index is 7.42. The molecule has 0 aliphatic heterocycles. The topological polar surface area (TPSA) is 79.2 Å². The maximum atomic E-state index is 7.42. The first kappa shape index (κ1) is 19.7. The van der Waals surface area contributed by atoms with Crippen LogP contribution in [0.3, 0.4) is 0 Å². The molecule has 1 atom stereocenters. The maximum Gasteiger partial charge on any atom is 0.206 e. The molecule has 28 heavy (non-hydrogen) atoms. The molecule has 1 aliphatic carbocycles. The second-order valence-corrected chi connectivity index (χ2v) is 6.89. The van der Waals surface area contributed by atoms with Crippen LogP contribution in [-0.2, 0) is 13.0 Å². The van der Waals surface area contributed by atoms with E-state index in [0.29, 0.717) is 5.92 Å². The summed E-state index contributed by atoms with van der Waals surface area (Å²) >= 11 is 0. The summed E-state index contributed by atoms with van der Waals surface area (Å²) in [6, 6.07) is 23.2. The molecule has 1 heterocycles. The fraction of sp³-hybridized carbons (Fsp3) is 0.182. The molecule has 3 aromatic rings. The van der Waals surface area contributed by atoms with Crippen LogP contribution in [0.5, 0.6) is 0 Å². The SMILES string of the molecule is Cl.N=C(N)N/N=C1\CC(c2ccccc2)Cc2c1ccn2Cc1ccccc1. The summed E-state index contributed by atoms with van der Waals surface area (Å²) in [6.07, 6.45) is 3.93. The first-order valence-electron chi connectivity index (χ1n) is 9.14. The van der Waals surface area contributed by atoms with Crippen LogP contribution in [-0.4, -0.2) is 16.2 Å². The van der Waals surface area contributed by atoms with E-state index in [-0.39, 0.29) is 18.4 Å². The van der Waals surface area contributed by atoms with Gasteiger partial charge in [0.1, 0.15) is 0 Å². The molecular weight excluding hydrogens is 370 g/mol. The Morgan fingerprint density at radius 2 is 1.71 bits per heavy atom. The third kappa shape index (κ3) is 4.26. The molecule has 0 fully saturated rings. The summed E-state index contributed by atoms with van der Waals surface area (Å²) in [4.78, 5) is 0. The van der Waals surface area contributed by atoms with Crippen LogP contribution in [0, 0.1) is 5.41 Å². The number of rotatable bonds is 4. The molecule has 0 saturated heterocycles. The van der Waals surface area contributed by atoms with Crippen LogP contribution < -0.4 is 11.2 Å². The minimum atomic E-state index is -0.144. The van der Waals surface area contributed by atoms with Gasteiger partial charge >= 0.3 is 0 Å². The highest BCUT2D eigenvalue weighted by atomic mass is 35.5. The number of hydrazone groups is 1. The number of nitrogens with zero attached hydrogens (tertiary/aromatic N) is 2. The predicted octanol–water partition coefficient (Wildman–Crippen LogP) is 3.88. The molecule has 0 amide bonds. The number of nitrogens with one attached hydrogen (secondary N) is 2. The number of guanidine groups is 1. The Labute approximate surface area is 171 Å². The van der Waals surface area contributed by atoms with Crippen molar-refractivity contribution in [3.05, 3.63) is 95.3 Å². The zero-order chi connectivity index (χ0) is 18.6. The van der Waals surface area contributed by atoms with E-state index < -0.39 is 0 Å². The van der Waals surface area contributed by atoms with Gasteiger partial charge in [0.2, 0.25) is 5.96 Å². The van der Waals surface area contributed by atoms with Gasteiger partial charge in [-0.1, -0.05) is 60.7 Å². The molecule has 1 aliphatic rings. The highest BCUT2D eigenvalue weighted by Crippen LogP contribution is 2.34. The molecule has 1 aromatic heterocycles. The second kappa shape index (κ2) is 8.76. The Balaban J connectivity index is 0.00000225. The van der Waals surface area contributed by atoms with Crippen LogP contribution in [0.2, 0.25) is 0 Å². The number of benzene rings is 2. The number of nitrogens with two attached hydrogens (primary N) is 1. The van der Waals surface area contributed by atoms with Crippen LogP contribution in [0.4, 0.5) is 0 Å². The van der Waals surface area contributed by atoms with Crippen molar-refractivity contribution >= 4 is 24.1 Å². The van der Waals surface area contributed by atoms with Gasteiger partial charge in [-0.05, 0) is 36.0 Å². The van der Waals surface area contributed by atoms with Crippen molar-refractivity contribution in [1.82, 2.24) is 9.99 Å². The van der Waals surface area contributed by atoms with E-state index in [2.05, 4.69) is 75.9 Å². The van der Waals surface area contributed by atoms with Crippen molar-refractivity contribution in [2.45, 2.75) is 25.3 Å². The number of halogens is 1. The van der Waals surface area contributed by atoms with Gasteiger partial charge in [0.05, 0.1) is 5.71 Å². The molecule has 0 radical (unpaired) electrons. The lowest BCUT2D eigenvalue weighted by molar-refractivity contribution is 0.635. The van der Waals surface area contributed by atoms with Gasteiger partial charge in [0, 0.05) is 24.0 Å². The van der Waals surface area contributed by atoms with Crippen molar-refractivity contribution in [2.75, 3.05) is 0 Å². The number of hydrogen-bond acceptors (Lipinski definition) is 2. The summed E-state index contributed by atoms with van der Waals surface area (Å²) in [5, 5.41) is 11.8. The monoisotopic (exact) mass is 393 g/mol. The summed E-state index contributed by atoms with van der Waals surface area (Å²) in [6.45, 7) is 0.838. The second-order valence-electron chi connectivity index (χ2n) is 6.89. The fourth-order valence-electron chi connectivity index (χ4n) is 3.77. The van der Waals surface area contributed by atoms with Gasteiger partial charge in [-0.2, -0.15) is 5.10 Å². The standard InChI is InChI=1S/C22H23N5.ClH/c23-22(24)26-25-20-13-18(17-9-5-2-6-10-17)14-21-19(20)11-12-27(21)15-16-7-3-1-4-8-16;/h1-12,18H,13-15H2,(H4,23,24,26);1H/b25-20+;.